The van der Waals surface area contributed by atoms with E-state index in [2.05, 4.69) is 5.32 Å². The first-order valence-electron chi connectivity index (χ1n) is 4.16. The predicted octanol–water partition coefficient (Wildman–Crippen LogP) is -2.24. The Hall–Kier alpha value is -1.24. The van der Waals surface area contributed by atoms with Crippen LogP contribution < -0.4 is 10.6 Å². The fourth-order valence-electron chi connectivity index (χ4n) is 0.639. The molecule has 1 aliphatic heterocycles. The summed E-state index contributed by atoms with van der Waals surface area (Å²) in [6, 6.07) is 0. The van der Waals surface area contributed by atoms with Gasteiger partial charge in [0.15, 0.2) is 0 Å². The van der Waals surface area contributed by atoms with Gasteiger partial charge < -0.3 is 15.5 Å². The summed E-state index contributed by atoms with van der Waals surface area (Å²) in [5.41, 5.74) is 0. The summed E-state index contributed by atoms with van der Waals surface area (Å²) in [5.74, 6) is -0.657. The number of hydrogen-bond acceptors (Lipinski definition) is 5. The largest absolute Gasteiger partial charge is 0.395 e. The number of hydrogen-bond donors (Lipinski definition) is 4. The Balaban J connectivity index is 0.000000241. The normalized spacial score (nSPS) is 13.6. The Labute approximate surface area is 81.6 Å². The third-order valence-electron chi connectivity index (χ3n) is 1.21. The third kappa shape index (κ3) is 7.41. The average Bonchev–Trinajstić information content (AvgIpc) is 2.52. The Morgan fingerprint density at radius 2 is 1.50 bits per heavy atom. The molecule has 0 spiro atoms. The van der Waals surface area contributed by atoms with Crippen LogP contribution in [0.3, 0.4) is 0 Å². The third-order valence-corrected chi connectivity index (χ3v) is 1.21. The summed E-state index contributed by atoms with van der Waals surface area (Å²) in [7, 11) is 0. The first-order chi connectivity index (χ1) is 6.70. The van der Waals surface area contributed by atoms with Gasteiger partial charge in [0, 0.05) is 25.2 Å². The lowest BCUT2D eigenvalue weighted by molar-refractivity contribution is -0.123. The van der Waals surface area contributed by atoms with Crippen LogP contribution in [0.15, 0.2) is 12.2 Å². The molecule has 0 saturated heterocycles. The molecule has 80 valence electrons. The van der Waals surface area contributed by atoms with Gasteiger partial charge in [-0.25, -0.2) is 0 Å². The molecule has 1 heterocycles. The number of aliphatic hydroxyl groups is 2. The zero-order valence-electron chi connectivity index (χ0n) is 7.69. The minimum absolute atomic E-state index is 0.139. The highest BCUT2D eigenvalue weighted by Gasteiger charge is 2.06. The molecule has 0 aromatic carbocycles. The quantitative estimate of drug-likeness (QED) is 0.305. The van der Waals surface area contributed by atoms with Gasteiger partial charge in [0.05, 0.1) is 13.2 Å². The number of carbonyl (C=O) groups is 2. The highest BCUT2D eigenvalue weighted by molar-refractivity contribution is 6.12. The van der Waals surface area contributed by atoms with E-state index >= 15 is 0 Å². The van der Waals surface area contributed by atoms with Crippen LogP contribution >= 0.6 is 0 Å². The molecule has 0 saturated carbocycles. The van der Waals surface area contributed by atoms with Gasteiger partial charge in [-0.05, 0) is 0 Å². The fourth-order valence-corrected chi connectivity index (χ4v) is 0.639. The Morgan fingerprint density at radius 1 is 1.07 bits per heavy atom. The standard InChI is InChI=1S/C4H3NO2.C4H11NO2/c6-3-1-2-4(7)5-3;6-3-1-5-2-4-7/h1-2H,(H,5,6,7);5-7H,1-4H2. The molecule has 0 aromatic heterocycles. The maximum Gasteiger partial charge on any atom is 0.250 e. The molecule has 1 aliphatic rings. The molecule has 1 rings (SSSR count). The van der Waals surface area contributed by atoms with Crippen LogP contribution in [-0.4, -0.2) is 48.3 Å². The Kier molecular flexibility index (Phi) is 7.62. The smallest absolute Gasteiger partial charge is 0.250 e. The molecule has 6 nitrogen and oxygen atoms in total. The highest BCUT2D eigenvalue weighted by Crippen LogP contribution is 1.82. The van der Waals surface area contributed by atoms with Crippen molar-refractivity contribution in [3.05, 3.63) is 12.2 Å². The summed E-state index contributed by atoms with van der Waals surface area (Å²) < 4.78 is 0. The van der Waals surface area contributed by atoms with Gasteiger partial charge in [0.2, 0.25) is 0 Å². The van der Waals surface area contributed by atoms with Crippen molar-refractivity contribution in [2.75, 3.05) is 26.3 Å². The molecule has 0 bridgehead atoms. The number of nitrogens with one attached hydrogen (secondary N) is 2. The summed E-state index contributed by atoms with van der Waals surface area (Å²) in [6.45, 7) is 1.42. The van der Waals surface area contributed by atoms with Crippen LogP contribution in [0.2, 0.25) is 0 Å². The molecule has 0 aliphatic carbocycles. The fraction of sp³-hybridized carbons (Fsp3) is 0.500. The van der Waals surface area contributed by atoms with Gasteiger partial charge in [-0.15, -0.1) is 0 Å². The summed E-state index contributed by atoms with van der Waals surface area (Å²) >= 11 is 0. The van der Waals surface area contributed by atoms with Crippen molar-refractivity contribution >= 4 is 11.8 Å². The number of rotatable bonds is 4. The van der Waals surface area contributed by atoms with Crippen molar-refractivity contribution in [2.24, 2.45) is 0 Å². The second-order valence-corrected chi connectivity index (χ2v) is 2.38. The van der Waals surface area contributed by atoms with Crippen molar-refractivity contribution in [3.8, 4) is 0 Å². The lowest BCUT2D eigenvalue weighted by Gasteiger charge is -1.94. The van der Waals surface area contributed by atoms with Crippen molar-refractivity contribution in [1.82, 2.24) is 10.6 Å². The van der Waals surface area contributed by atoms with Gasteiger partial charge in [0.1, 0.15) is 0 Å². The lowest BCUT2D eigenvalue weighted by Crippen LogP contribution is -2.21. The topological polar surface area (TPSA) is 98.7 Å². The second kappa shape index (κ2) is 8.36. The molecular formula is C8H14N2O4. The van der Waals surface area contributed by atoms with Crippen molar-refractivity contribution in [3.63, 3.8) is 0 Å². The van der Waals surface area contributed by atoms with Gasteiger partial charge in [-0.3, -0.25) is 14.9 Å². The van der Waals surface area contributed by atoms with Gasteiger partial charge >= 0.3 is 0 Å². The van der Waals surface area contributed by atoms with E-state index < -0.39 is 0 Å². The van der Waals surface area contributed by atoms with E-state index in [1.54, 1.807) is 0 Å². The molecule has 6 heteroatoms. The SMILES string of the molecule is O=C1C=CC(=O)N1.OCCNCCO. The van der Waals surface area contributed by atoms with Crippen LogP contribution in [0.1, 0.15) is 0 Å². The zero-order valence-corrected chi connectivity index (χ0v) is 7.69. The van der Waals surface area contributed by atoms with E-state index in [1.807, 2.05) is 5.32 Å². The minimum Gasteiger partial charge on any atom is -0.395 e. The summed E-state index contributed by atoms with van der Waals surface area (Å²) in [6.07, 6.45) is 2.39. The molecule has 2 amide bonds. The van der Waals surface area contributed by atoms with Crippen molar-refractivity contribution in [2.45, 2.75) is 0 Å². The lowest BCUT2D eigenvalue weighted by atomic mass is 10.6. The molecule has 0 radical (unpaired) electrons. The van der Waals surface area contributed by atoms with Crippen molar-refractivity contribution < 1.29 is 19.8 Å². The van der Waals surface area contributed by atoms with Crippen LogP contribution in [0.25, 0.3) is 0 Å². The summed E-state index contributed by atoms with van der Waals surface area (Å²) in [4.78, 5) is 20.1. The Morgan fingerprint density at radius 3 is 1.71 bits per heavy atom. The first-order valence-corrected chi connectivity index (χ1v) is 4.16. The maximum absolute atomic E-state index is 10.0. The molecule has 14 heavy (non-hydrogen) atoms. The molecular weight excluding hydrogens is 188 g/mol. The van der Waals surface area contributed by atoms with Crippen LogP contribution in [0.5, 0.6) is 0 Å². The Bertz CT molecular complexity index is 195. The predicted molar refractivity (Wildman–Crippen MR) is 49.3 cm³/mol. The number of aliphatic hydroxyl groups excluding tert-OH is 2. The molecule has 0 unspecified atom stereocenters. The van der Waals surface area contributed by atoms with Crippen LogP contribution in [-0.2, 0) is 9.59 Å². The van der Waals surface area contributed by atoms with E-state index in [1.165, 1.54) is 12.2 Å². The second-order valence-electron chi connectivity index (χ2n) is 2.38. The number of carbonyl (C=O) groups excluding carboxylic acids is 2. The van der Waals surface area contributed by atoms with E-state index in [0.29, 0.717) is 13.1 Å². The number of amides is 2. The van der Waals surface area contributed by atoms with Crippen LogP contribution in [0.4, 0.5) is 0 Å². The van der Waals surface area contributed by atoms with Gasteiger partial charge in [-0.2, -0.15) is 0 Å². The van der Waals surface area contributed by atoms with E-state index in [4.69, 9.17) is 10.2 Å². The molecule has 0 atom stereocenters. The number of imide groups is 1. The van der Waals surface area contributed by atoms with E-state index in [9.17, 15) is 9.59 Å². The van der Waals surface area contributed by atoms with Gasteiger partial charge in [-0.1, -0.05) is 0 Å². The maximum atomic E-state index is 10.0. The van der Waals surface area contributed by atoms with E-state index in [0.717, 1.165) is 0 Å². The minimum atomic E-state index is -0.329. The molecule has 4 N–H and O–H groups in total. The van der Waals surface area contributed by atoms with Crippen molar-refractivity contribution in [1.29, 1.82) is 0 Å². The molecule has 0 aromatic rings. The monoisotopic (exact) mass is 202 g/mol. The molecule has 0 fully saturated rings. The van der Waals surface area contributed by atoms with E-state index in [-0.39, 0.29) is 25.0 Å². The summed E-state index contributed by atoms with van der Waals surface area (Å²) in [5, 5.41) is 21.1. The first kappa shape index (κ1) is 12.8. The average molecular weight is 202 g/mol. The zero-order chi connectivity index (χ0) is 10.8. The highest BCUT2D eigenvalue weighted by atomic mass is 16.3. The van der Waals surface area contributed by atoms with Gasteiger partial charge in [0.25, 0.3) is 11.8 Å². The van der Waals surface area contributed by atoms with Crippen LogP contribution in [0, 0.1) is 0 Å².